The maximum absolute atomic E-state index is 13.2. The van der Waals surface area contributed by atoms with Gasteiger partial charge in [0.2, 0.25) is 4.96 Å². The smallest absolute Gasteiger partial charge is 0.268 e. The van der Waals surface area contributed by atoms with Crippen molar-refractivity contribution in [3.05, 3.63) is 75.2 Å². The highest BCUT2D eigenvalue weighted by atomic mass is 35.5. The number of anilines is 1. The SMILES string of the molecule is CCc1nn2c(/C=C3\SC(=S)N(c4ccccc4)C3=O)c(-c3ccc(Cl)cc3)nc2s1. The molecule has 1 amide bonds. The Bertz CT molecular complexity index is 1340. The van der Waals surface area contributed by atoms with Crippen LogP contribution in [0.4, 0.5) is 5.69 Å². The number of nitrogens with zero attached hydrogens (tertiary/aromatic N) is 4. The molecule has 1 fully saturated rings. The van der Waals surface area contributed by atoms with Crippen LogP contribution in [0.15, 0.2) is 59.5 Å². The fourth-order valence-electron chi connectivity index (χ4n) is 3.29. The molecule has 2 aromatic heterocycles. The number of aryl methyl sites for hydroxylation is 1. The summed E-state index contributed by atoms with van der Waals surface area (Å²) in [6.45, 7) is 2.06. The molecular weight excluding hydrogens is 468 g/mol. The normalized spacial score (nSPS) is 15.5. The molecule has 0 bridgehead atoms. The predicted molar refractivity (Wildman–Crippen MR) is 133 cm³/mol. The first-order chi connectivity index (χ1) is 15.0. The Morgan fingerprint density at radius 1 is 1.13 bits per heavy atom. The molecule has 3 heterocycles. The number of thioether (sulfide) groups is 1. The highest BCUT2D eigenvalue weighted by Crippen LogP contribution is 2.38. The van der Waals surface area contributed by atoms with E-state index in [9.17, 15) is 4.79 Å². The summed E-state index contributed by atoms with van der Waals surface area (Å²) in [5.74, 6) is -0.149. The van der Waals surface area contributed by atoms with Crippen LogP contribution in [-0.4, -0.2) is 24.8 Å². The van der Waals surface area contributed by atoms with Gasteiger partial charge in [0.15, 0.2) is 4.32 Å². The van der Waals surface area contributed by atoms with Crippen molar-refractivity contribution in [3.8, 4) is 11.3 Å². The zero-order valence-electron chi connectivity index (χ0n) is 16.3. The van der Waals surface area contributed by atoms with Gasteiger partial charge in [-0.15, -0.1) is 0 Å². The third kappa shape index (κ3) is 3.70. The molecule has 1 aliphatic heterocycles. The minimum absolute atomic E-state index is 0.149. The van der Waals surface area contributed by atoms with Gasteiger partial charge in [0.1, 0.15) is 5.01 Å². The van der Waals surface area contributed by atoms with Gasteiger partial charge in [-0.3, -0.25) is 9.69 Å². The highest BCUT2D eigenvalue weighted by Gasteiger charge is 2.34. The summed E-state index contributed by atoms with van der Waals surface area (Å²) < 4.78 is 2.31. The van der Waals surface area contributed by atoms with Gasteiger partial charge in [-0.05, 0) is 36.8 Å². The van der Waals surface area contributed by atoms with Crippen molar-refractivity contribution in [1.29, 1.82) is 0 Å². The second-order valence-electron chi connectivity index (χ2n) is 6.75. The molecule has 5 nitrogen and oxygen atoms in total. The number of carbonyl (C=O) groups excluding carboxylic acids is 1. The van der Waals surface area contributed by atoms with E-state index in [2.05, 4.69) is 6.92 Å². The van der Waals surface area contributed by atoms with Crippen LogP contribution in [0.1, 0.15) is 17.6 Å². The number of aromatic nitrogens is 3. The highest BCUT2D eigenvalue weighted by molar-refractivity contribution is 8.27. The third-order valence-electron chi connectivity index (χ3n) is 4.78. The first-order valence-corrected chi connectivity index (χ1v) is 11.9. The molecule has 4 aromatic rings. The van der Waals surface area contributed by atoms with Gasteiger partial charge in [0, 0.05) is 10.6 Å². The van der Waals surface area contributed by atoms with Crippen LogP contribution in [0.2, 0.25) is 5.02 Å². The lowest BCUT2D eigenvalue weighted by molar-refractivity contribution is -0.113. The second kappa shape index (κ2) is 8.20. The summed E-state index contributed by atoms with van der Waals surface area (Å²) in [5.41, 5.74) is 3.17. The molecule has 0 spiro atoms. The molecule has 0 aliphatic carbocycles. The standard InChI is InChI=1S/C22H15ClN4OS3/c1-2-18-25-27-16(19(24-21(27)31-18)13-8-10-14(23)11-9-13)12-17-20(28)26(22(29)30-17)15-6-4-3-5-7-15/h3-12H,2H2,1H3/b17-12-. The summed E-state index contributed by atoms with van der Waals surface area (Å²) >= 11 is 14.4. The van der Waals surface area contributed by atoms with E-state index in [4.69, 9.17) is 33.9 Å². The number of carbonyl (C=O) groups is 1. The fourth-order valence-corrected chi connectivity index (χ4v) is 5.53. The summed E-state index contributed by atoms with van der Waals surface area (Å²) in [5, 5.41) is 6.33. The monoisotopic (exact) mass is 482 g/mol. The van der Waals surface area contributed by atoms with Crippen LogP contribution in [0.3, 0.4) is 0 Å². The molecule has 154 valence electrons. The first-order valence-electron chi connectivity index (χ1n) is 9.52. The molecule has 0 unspecified atom stereocenters. The molecule has 2 aromatic carbocycles. The molecule has 31 heavy (non-hydrogen) atoms. The number of thiocarbonyl (C=S) groups is 1. The van der Waals surface area contributed by atoms with Crippen LogP contribution in [-0.2, 0) is 11.2 Å². The zero-order valence-corrected chi connectivity index (χ0v) is 19.5. The van der Waals surface area contributed by atoms with Crippen molar-refractivity contribution in [2.45, 2.75) is 13.3 Å². The summed E-state index contributed by atoms with van der Waals surface area (Å²) in [6.07, 6.45) is 2.66. The van der Waals surface area contributed by atoms with Crippen LogP contribution in [0.5, 0.6) is 0 Å². The van der Waals surface area contributed by atoms with Gasteiger partial charge >= 0.3 is 0 Å². The van der Waals surface area contributed by atoms with Crippen molar-refractivity contribution < 1.29 is 4.79 Å². The van der Waals surface area contributed by atoms with E-state index < -0.39 is 0 Å². The summed E-state index contributed by atoms with van der Waals surface area (Å²) in [4.78, 5) is 20.9. The molecule has 1 saturated heterocycles. The van der Waals surface area contributed by atoms with E-state index in [0.717, 1.165) is 39.0 Å². The second-order valence-corrected chi connectivity index (χ2v) is 9.90. The van der Waals surface area contributed by atoms with Crippen LogP contribution in [0.25, 0.3) is 22.3 Å². The van der Waals surface area contributed by atoms with E-state index in [1.165, 1.54) is 11.8 Å². The van der Waals surface area contributed by atoms with Crippen molar-refractivity contribution in [2.24, 2.45) is 0 Å². The van der Waals surface area contributed by atoms with Crippen LogP contribution in [0, 0.1) is 0 Å². The third-order valence-corrected chi connectivity index (χ3v) is 7.38. The minimum Gasteiger partial charge on any atom is -0.268 e. The Hall–Kier alpha value is -2.52. The quantitative estimate of drug-likeness (QED) is 0.260. The van der Waals surface area contributed by atoms with Crippen molar-refractivity contribution >= 4 is 73.9 Å². The average molecular weight is 483 g/mol. The number of imidazole rings is 1. The Morgan fingerprint density at radius 3 is 2.58 bits per heavy atom. The zero-order chi connectivity index (χ0) is 21.5. The number of hydrogen-bond acceptors (Lipinski definition) is 6. The average Bonchev–Trinajstić information content (AvgIpc) is 3.41. The number of para-hydroxylation sites is 1. The Kier molecular flexibility index (Phi) is 5.39. The van der Waals surface area contributed by atoms with Gasteiger partial charge in [-0.25, -0.2) is 9.50 Å². The van der Waals surface area contributed by atoms with Crippen molar-refractivity contribution in [1.82, 2.24) is 14.6 Å². The summed E-state index contributed by atoms with van der Waals surface area (Å²) in [6, 6.07) is 16.9. The molecule has 0 N–H and O–H groups in total. The molecule has 5 rings (SSSR count). The van der Waals surface area contributed by atoms with Crippen LogP contribution >= 0.6 is 46.9 Å². The van der Waals surface area contributed by atoms with Gasteiger partial charge in [0.25, 0.3) is 5.91 Å². The number of amides is 1. The first kappa shape index (κ1) is 20.4. The lowest BCUT2D eigenvalue weighted by Gasteiger charge is -2.13. The molecular formula is C22H15ClN4OS3. The minimum atomic E-state index is -0.149. The maximum atomic E-state index is 13.2. The van der Waals surface area contributed by atoms with Gasteiger partial charge < -0.3 is 0 Å². The Labute approximate surface area is 197 Å². The van der Waals surface area contributed by atoms with E-state index in [0.29, 0.717) is 14.2 Å². The Balaban J connectivity index is 1.63. The topological polar surface area (TPSA) is 50.5 Å². The molecule has 9 heteroatoms. The lowest BCUT2D eigenvalue weighted by atomic mass is 10.1. The summed E-state index contributed by atoms with van der Waals surface area (Å²) in [7, 11) is 0. The maximum Gasteiger partial charge on any atom is 0.270 e. The molecule has 0 radical (unpaired) electrons. The number of halogens is 1. The van der Waals surface area contributed by atoms with E-state index in [1.807, 2.05) is 65.2 Å². The van der Waals surface area contributed by atoms with Crippen LogP contribution < -0.4 is 4.90 Å². The van der Waals surface area contributed by atoms with Crippen molar-refractivity contribution in [2.75, 3.05) is 4.90 Å². The van der Waals surface area contributed by atoms with Gasteiger partial charge in [-0.2, -0.15) is 5.10 Å². The van der Waals surface area contributed by atoms with E-state index in [-0.39, 0.29) is 5.91 Å². The Morgan fingerprint density at radius 2 is 1.87 bits per heavy atom. The predicted octanol–water partition coefficient (Wildman–Crippen LogP) is 6.08. The molecule has 0 saturated carbocycles. The largest absolute Gasteiger partial charge is 0.270 e. The van der Waals surface area contributed by atoms with E-state index in [1.54, 1.807) is 16.2 Å². The van der Waals surface area contributed by atoms with Gasteiger partial charge in [0.05, 0.1) is 22.0 Å². The molecule has 0 atom stereocenters. The number of fused-ring (bicyclic) bond motifs is 1. The number of hydrogen-bond donors (Lipinski definition) is 0. The number of rotatable bonds is 4. The van der Waals surface area contributed by atoms with Crippen molar-refractivity contribution in [3.63, 3.8) is 0 Å². The molecule has 1 aliphatic rings. The van der Waals surface area contributed by atoms with E-state index >= 15 is 0 Å². The lowest BCUT2D eigenvalue weighted by Crippen LogP contribution is -2.27. The fraction of sp³-hybridized carbons (Fsp3) is 0.0909. The van der Waals surface area contributed by atoms with Gasteiger partial charge in [-0.1, -0.05) is 84.2 Å². The number of benzene rings is 2.